The number of carbonyl (C=O) groups excluding carboxylic acids is 1. The van der Waals surface area contributed by atoms with Gasteiger partial charge in [0.15, 0.2) is 0 Å². The summed E-state index contributed by atoms with van der Waals surface area (Å²) in [5.41, 5.74) is 5.48. The fourth-order valence-electron chi connectivity index (χ4n) is 1.62. The first kappa shape index (κ1) is 15.3. The van der Waals surface area contributed by atoms with Crippen molar-refractivity contribution in [1.29, 1.82) is 0 Å². The lowest BCUT2D eigenvalue weighted by Crippen LogP contribution is -2.40. The molecule has 0 aromatic rings. The van der Waals surface area contributed by atoms with Crippen LogP contribution in [0.3, 0.4) is 0 Å². The quantitative estimate of drug-likeness (QED) is 0.790. The molecule has 96 valence electrons. The number of hydrogen-bond donors (Lipinski definition) is 1. The number of carbonyl (C=O) groups is 1. The fourth-order valence-corrected chi connectivity index (χ4v) is 1.62. The largest absolute Gasteiger partial charge is 0.340 e. The zero-order valence-electron chi connectivity index (χ0n) is 10.5. The molecule has 0 aliphatic heterocycles. The molecule has 0 aliphatic rings. The molecular weight excluding hydrogens is 214 g/mol. The molecule has 0 aliphatic carbocycles. The fraction of sp³-hybridized carbons (Fsp3) is 0.909. The van der Waals surface area contributed by atoms with Crippen LogP contribution in [0.25, 0.3) is 0 Å². The van der Waals surface area contributed by atoms with Crippen molar-refractivity contribution in [2.45, 2.75) is 33.6 Å². The average molecular weight is 236 g/mol. The summed E-state index contributed by atoms with van der Waals surface area (Å²) in [5, 5.41) is 0. The summed E-state index contributed by atoms with van der Waals surface area (Å²) in [4.78, 5) is 12.9. The molecule has 1 amide bonds. The summed E-state index contributed by atoms with van der Waals surface area (Å²) in [7, 11) is 1.39. The molecule has 0 fully saturated rings. The van der Waals surface area contributed by atoms with Crippen LogP contribution in [0.15, 0.2) is 0 Å². The van der Waals surface area contributed by atoms with Gasteiger partial charge in [-0.05, 0) is 11.8 Å². The van der Waals surface area contributed by atoms with Crippen LogP contribution in [0.5, 0.6) is 0 Å². The molecule has 0 aromatic heterocycles. The smallest absolute Gasteiger partial charge is 0.255 e. The van der Waals surface area contributed by atoms with Gasteiger partial charge in [0.25, 0.3) is 6.43 Å². The van der Waals surface area contributed by atoms with Crippen molar-refractivity contribution >= 4 is 5.91 Å². The van der Waals surface area contributed by atoms with E-state index >= 15 is 0 Å². The van der Waals surface area contributed by atoms with Crippen molar-refractivity contribution in [3.63, 3.8) is 0 Å². The van der Waals surface area contributed by atoms with E-state index < -0.39 is 13.0 Å². The third-order valence-corrected chi connectivity index (χ3v) is 2.28. The Labute approximate surface area is 96.0 Å². The molecule has 0 radical (unpaired) electrons. The molecule has 0 saturated heterocycles. The molecule has 0 saturated carbocycles. The third kappa shape index (κ3) is 6.00. The summed E-state index contributed by atoms with van der Waals surface area (Å²) in [6.45, 7) is 5.66. The van der Waals surface area contributed by atoms with Crippen molar-refractivity contribution in [2.75, 3.05) is 20.1 Å². The molecule has 16 heavy (non-hydrogen) atoms. The average Bonchev–Trinajstić information content (AvgIpc) is 2.10. The normalized spacial score (nSPS) is 14.0. The Hall–Kier alpha value is -0.710. The Morgan fingerprint density at radius 2 is 1.88 bits per heavy atom. The highest BCUT2D eigenvalue weighted by molar-refractivity contribution is 5.78. The Kier molecular flexibility index (Phi) is 5.86. The van der Waals surface area contributed by atoms with Gasteiger partial charge in [0.2, 0.25) is 5.91 Å². The number of hydrogen-bond acceptors (Lipinski definition) is 2. The Morgan fingerprint density at radius 1 is 1.38 bits per heavy atom. The van der Waals surface area contributed by atoms with Crippen molar-refractivity contribution < 1.29 is 13.6 Å². The van der Waals surface area contributed by atoms with Crippen LogP contribution in [0.2, 0.25) is 0 Å². The van der Waals surface area contributed by atoms with E-state index in [2.05, 4.69) is 0 Å². The minimum Gasteiger partial charge on any atom is -0.340 e. The molecule has 0 rings (SSSR count). The van der Waals surface area contributed by atoms with E-state index in [1.807, 2.05) is 20.8 Å². The van der Waals surface area contributed by atoms with Crippen molar-refractivity contribution in [1.82, 2.24) is 4.90 Å². The van der Waals surface area contributed by atoms with E-state index in [1.165, 1.54) is 7.05 Å². The highest BCUT2D eigenvalue weighted by atomic mass is 19.3. The molecule has 5 heteroatoms. The van der Waals surface area contributed by atoms with Gasteiger partial charge in [-0.3, -0.25) is 4.79 Å². The number of halogens is 2. The maximum Gasteiger partial charge on any atom is 0.255 e. The van der Waals surface area contributed by atoms with E-state index in [1.54, 1.807) is 0 Å². The molecule has 0 spiro atoms. The van der Waals surface area contributed by atoms with E-state index in [0.717, 1.165) is 4.90 Å². The molecule has 3 nitrogen and oxygen atoms in total. The Bertz CT molecular complexity index is 227. The third-order valence-electron chi connectivity index (χ3n) is 2.28. The van der Waals surface area contributed by atoms with Crippen LogP contribution in [-0.2, 0) is 4.79 Å². The van der Waals surface area contributed by atoms with Crippen LogP contribution in [-0.4, -0.2) is 37.4 Å². The standard InChI is InChI=1S/C11H22F2N2O/c1-11(2,3)5-8(6-14)10(16)15(4)7-9(12)13/h8-9H,5-7,14H2,1-4H3. The van der Waals surface area contributed by atoms with Crippen molar-refractivity contribution in [2.24, 2.45) is 17.1 Å². The van der Waals surface area contributed by atoms with E-state index in [0.29, 0.717) is 6.42 Å². The van der Waals surface area contributed by atoms with Crippen LogP contribution in [0.1, 0.15) is 27.2 Å². The Balaban J connectivity index is 4.41. The predicted octanol–water partition coefficient (Wildman–Crippen LogP) is 1.72. The van der Waals surface area contributed by atoms with Gasteiger partial charge in [-0.25, -0.2) is 8.78 Å². The monoisotopic (exact) mass is 236 g/mol. The predicted molar refractivity (Wildman–Crippen MR) is 60.3 cm³/mol. The first-order valence-electron chi connectivity index (χ1n) is 5.40. The molecule has 0 aromatic carbocycles. The first-order valence-corrected chi connectivity index (χ1v) is 5.40. The number of alkyl halides is 2. The van der Waals surface area contributed by atoms with Gasteiger partial charge in [0.05, 0.1) is 12.5 Å². The lowest BCUT2D eigenvalue weighted by molar-refractivity contribution is -0.136. The van der Waals surface area contributed by atoms with Crippen molar-refractivity contribution in [3.05, 3.63) is 0 Å². The van der Waals surface area contributed by atoms with Gasteiger partial charge in [-0.15, -0.1) is 0 Å². The lowest BCUT2D eigenvalue weighted by atomic mass is 9.84. The van der Waals surface area contributed by atoms with Crippen molar-refractivity contribution in [3.8, 4) is 0 Å². The van der Waals surface area contributed by atoms with Gasteiger partial charge in [-0.2, -0.15) is 0 Å². The Morgan fingerprint density at radius 3 is 2.19 bits per heavy atom. The number of rotatable bonds is 5. The molecule has 0 heterocycles. The maximum absolute atomic E-state index is 12.1. The molecule has 2 N–H and O–H groups in total. The molecule has 1 unspecified atom stereocenters. The second-order valence-electron chi connectivity index (χ2n) is 5.31. The first-order chi connectivity index (χ1) is 7.17. The van der Waals surface area contributed by atoms with Gasteiger partial charge < -0.3 is 10.6 Å². The van der Waals surface area contributed by atoms with Crippen LogP contribution < -0.4 is 5.73 Å². The topological polar surface area (TPSA) is 46.3 Å². The van der Waals surface area contributed by atoms with E-state index in [4.69, 9.17) is 5.73 Å². The second kappa shape index (κ2) is 6.13. The van der Waals surface area contributed by atoms with E-state index in [-0.39, 0.29) is 23.8 Å². The summed E-state index contributed by atoms with van der Waals surface area (Å²) in [6, 6.07) is 0. The van der Waals surface area contributed by atoms with E-state index in [9.17, 15) is 13.6 Å². The zero-order valence-corrected chi connectivity index (χ0v) is 10.5. The summed E-state index contributed by atoms with van der Waals surface area (Å²) >= 11 is 0. The summed E-state index contributed by atoms with van der Waals surface area (Å²) < 4.78 is 24.3. The summed E-state index contributed by atoms with van der Waals surface area (Å²) in [6.07, 6.45) is -1.89. The van der Waals surface area contributed by atoms with Gasteiger partial charge in [0.1, 0.15) is 0 Å². The summed E-state index contributed by atoms with van der Waals surface area (Å²) in [5.74, 6) is -0.665. The van der Waals surface area contributed by atoms with Crippen LogP contribution >= 0.6 is 0 Å². The minimum absolute atomic E-state index is 0.0363. The minimum atomic E-state index is -2.50. The lowest BCUT2D eigenvalue weighted by Gasteiger charge is -2.27. The molecular formula is C11H22F2N2O. The number of nitrogens with two attached hydrogens (primary N) is 1. The van der Waals surface area contributed by atoms with Crippen LogP contribution in [0, 0.1) is 11.3 Å². The molecule has 1 atom stereocenters. The highest BCUT2D eigenvalue weighted by Gasteiger charge is 2.27. The van der Waals surface area contributed by atoms with Gasteiger partial charge >= 0.3 is 0 Å². The van der Waals surface area contributed by atoms with Gasteiger partial charge in [0, 0.05) is 13.6 Å². The highest BCUT2D eigenvalue weighted by Crippen LogP contribution is 2.25. The maximum atomic E-state index is 12.1. The second-order valence-corrected chi connectivity index (χ2v) is 5.31. The van der Waals surface area contributed by atoms with Gasteiger partial charge in [-0.1, -0.05) is 20.8 Å². The zero-order chi connectivity index (χ0) is 12.9. The van der Waals surface area contributed by atoms with Crippen LogP contribution in [0.4, 0.5) is 8.78 Å². The SMILES string of the molecule is CN(CC(F)F)C(=O)C(CN)CC(C)(C)C. The number of amides is 1. The number of nitrogens with zero attached hydrogens (tertiary/aromatic N) is 1. The molecule has 0 bridgehead atoms.